The Bertz CT molecular complexity index is 312. The Labute approximate surface area is 127 Å². The lowest BCUT2D eigenvalue weighted by atomic mass is 9.81. The van der Waals surface area contributed by atoms with Crippen molar-refractivity contribution in [3.05, 3.63) is 12.2 Å². The van der Waals surface area contributed by atoms with Crippen LogP contribution in [0.1, 0.15) is 54.9 Å². The minimum absolute atomic E-state index is 0.193. The van der Waals surface area contributed by atoms with Crippen LogP contribution in [0.4, 0.5) is 0 Å². The van der Waals surface area contributed by atoms with E-state index in [1.54, 1.807) is 0 Å². The highest BCUT2D eigenvalue weighted by atomic mass is 15.3. The summed E-state index contributed by atoms with van der Waals surface area (Å²) in [6.07, 6.45) is 1.30. The molecule has 0 amide bonds. The highest BCUT2D eigenvalue weighted by Gasteiger charge is 2.34. The minimum atomic E-state index is 0.193. The largest absolute Gasteiger partial charge is 0.300 e. The van der Waals surface area contributed by atoms with Crippen LogP contribution in [0.15, 0.2) is 12.2 Å². The summed E-state index contributed by atoms with van der Waals surface area (Å²) in [5.41, 5.74) is 1.58. The quantitative estimate of drug-likeness (QED) is 0.702. The van der Waals surface area contributed by atoms with Crippen molar-refractivity contribution in [1.29, 1.82) is 0 Å². The van der Waals surface area contributed by atoms with Crippen molar-refractivity contribution in [2.45, 2.75) is 67.0 Å². The second-order valence-electron chi connectivity index (χ2n) is 8.11. The Kier molecular flexibility index (Phi) is 6.27. The first kappa shape index (κ1) is 17.7. The van der Waals surface area contributed by atoms with E-state index in [2.05, 4.69) is 64.8 Å². The topological polar surface area (TPSA) is 6.48 Å². The maximum atomic E-state index is 4.44. The molecule has 0 radical (unpaired) electrons. The van der Waals surface area contributed by atoms with E-state index in [9.17, 15) is 0 Å². The highest BCUT2D eigenvalue weighted by molar-refractivity contribution is 5.16. The molecule has 0 unspecified atom stereocenters. The van der Waals surface area contributed by atoms with Gasteiger partial charge in [-0.25, -0.2) is 0 Å². The van der Waals surface area contributed by atoms with E-state index in [0.717, 1.165) is 12.5 Å². The SMILES string of the molecule is C=C([C@@H]1CN(CCC(C)C)CCN1C(C)C)C(C)(C)C. The van der Waals surface area contributed by atoms with Gasteiger partial charge in [0.2, 0.25) is 0 Å². The second-order valence-corrected chi connectivity index (χ2v) is 8.11. The van der Waals surface area contributed by atoms with Gasteiger partial charge in [0.1, 0.15) is 0 Å². The molecule has 0 aromatic carbocycles. The molecule has 0 aliphatic carbocycles. The number of hydrogen-bond acceptors (Lipinski definition) is 2. The van der Waals surface area contributed by atoms with Crippen molar-refractivity contribution < 1.29 is 0 Å². The van der Waals surface area contributed by atoms with Crippen molar-refractivity contribution in [3.8, 4) is 0 Å². The molecule has 1 aliphatic rings. The van der Waals surface area contributed by atoms with E-state index in [0.29, 0.717) is 12.1 Å². The van der Waals surface area contributed by atoms with Crippen LogP contribution in [0, 0.1) is 11.3 Å². The predicted octanol–water partition coefficient (Wildman–Crippen LogP) is 4.03. The van der Waals surface area contributed by atoms with Gasteiger partial charge >= 0.3 is 0 Å². The van der Waals surface area contributed by atoms with Crippen LogP contribution in [-0.4, -0.2) is 48.1 Å². The molecule has 0 spiro atoms. The van der Waals surface area contributed by atoms with Gasteiger partial charge in [-0.05, 0) is 38.1 Å². The first-order valence-electron chi connectivity index (χ1n) is 8.30. The van der Waals surface area contributed by atoms with Gasteiger partial charge in [0.25, 0.3) is 0 Å². The lowest BCUT2D eigenvalue weighted by Crippen LogP contribution is -2.57. The summed E-state index contributed by atoms with van der Waals surface area (Å²) in [5.74, 6) is 0.794. The molecule has 0 saturated carbocycles. The molecule has 1 saturated heterocycles. The lowest BCUT2D eigenvalue weighted by molar-refractivity contribution is 0.0580. The molecule has 1 heterocycles. The predicted molar refractivity (Wildman–Crippen MR) is 90.1 cm³/mol. The summed E-state index contributed by atoms with van der Waals surface area (Å²) in [6.45, 7) is 25.3. The fraction of sp³-hybridized carbons (Fsp3) is 0.889. The zero-order chi connectivity index (χ0) is 15.5. The molecule has 0 aromatic heterocycles. The normalized spacial score (nSPS) is 22.8. The number of rotatable bonds is 5. The molecule has 0 aromatic rings. The Morgan fingerprint density at radius 2 is 1.75 bits per heavy atom. The van der Waals surface area contributed by atoms with E-state index < -0.39 is 0 Å². The van der Waals surface area contributed by atoms with Crippen LogP contribution in [0.25, 0.3) is 0 Å². The van der Waals surface area contributed by atoms with Gasteiger partial charge in [-0.1, -0.05) is 46.8 Å². The fourth-order valence-electron chi connectivity index (χ4n) is 2.93. The molecule has 1 rings (SSSR count). The van der Waals surface area contributed by atoms with Crippen molar-refractivity contribution in [2.75, 3.05) is 26.2 Å². The van der Waals surface area contributed by atoms with Gasteiger partial charge < -0.3 is 4.90 Å². The molecule has 1 fully saturated rings. The third-order valence-corrected chi connectivity index (χ3v) is 4.56. The Hall–Kier alpha value is -0.340. The Morgan fingerprint density at radius 1 is 1.15 bits per heavy atom. The van der Waals surface area contributed by atoms with E-state index in [-0.39, 0.29) is 5.41 Å². The summed E-state index contributed by atoms with van der Waals surface area (Å²) in [4.78, 5) is 5.28. The zero-order valence-corrected chi connectivity index (χ0v) is 14.9. The lowest BCUT2D eigenvalue weighted by Gasteiger charge is -2.47. The molecule has 118 valence electrons. The Morgan fingerprint density at radius 3 is 2.20 bits per heavy atom. The summed E-state index contributed by atoms with van der Waals surface area (Å²) in [5, 5.41) is 0. The van der Waals surface area contributed by atoms with Crippen molar-refractivity contribution in [1.82, 2.24) is 9.80 Å². The van der Waals surface area contributed by atoms with Crippen molar-refractivity contribution in [3.63, 3.8) is 0 Å². The van der Waals surface area contributed by atoms with Gasteiger partial charge in [0.05, 0.1) is 0 Å². The van der Waals surface area contributed by atoms with Crippen LogP contribution in [0.5, 0.6) is 0 Å². The van der Waals surface area contributed by atoms with Gasteiger partial charge in [-0.3, -0.25) is 4.90 Å². The van der Waals surface area contributed by atoms with E-state index in [4.69, 9.17) is 0 Å². The minimum Gasteiger partial charge on any atom is -0.300 e. The average molecular weight is 280 g/mol. The maximum absolute atomic E-state index is 4.44. The molecule has 20 heavy (non-hydrogen) atoms. The Balaban J connectivity index is 2.75. The summed E-state index contributed by atoms with van der Waals surface area (Å²) < 4.78 is 0. The van der Waals surface area contributed by atoms with E-state index in [1.807, 2.05) is 0 Å². The van der Waals surface area contributed by atoms with Crippen molar-refractivity contribution in [2.24, 2.45) is 11.3 Å². The van der Waals surface area contributed by atoms with Gasteiger partial charge in [-0.15, -0.1) is 0 Å². The summed E-state index contributed by atoms with van der Waals surface area (Å²) in [6, 6.07) is 1.11. The monoisotopic (exact) mass is 280 g/mol. The zero-order valence-electron chi connectivity index (χ0n) is 14.9. The number of hydrogen-bond donors (Lipinski definition) is 0. The van der Waals surface area contributed by atoms with Gasteiger partial charge in [-0.2, -0.15) is 0 Å². The second kappa shape index (κ2) is 7.09. The number of piperazine rings is 1. The fourth-order valence-corrected chi connectivity index (χ4v) is 2.93. The molecule has 0 N–H and O–H groups in total. The highest BCUT2D eigenvalue weighted by Crippen LogP contribution is 2.31. The van der Waals surface area contributed by atoms with Crippen LogP contribution in [0.3, 0.4) is 0 Å². The molecular formula is C18H36N2. The summed E-state index contributed by atoms with van der Waals surface area (Å²) >= 11 is 0. The van der Waals surface area contributed by atoms with Crippen LogP contribution in [-0.2, 0) is 0 Å². The molecule has 2 heteroatoms. The van der Waals surface area contributed by atoms with Gasteiger partial charge in [0, 0.05) is 31.7 Å². The standard InChI is InChI=1S/C18H36N2/c1-14(2)9-10-19-11-12-20(15(3)4)17(13-19)16(5)18(6,7)8/h14-15,17H,5,9-13H2,1-4,6-8H3/t17-/m0/s1. The first-order chi connectivity index (χ1) is 9.12. The molecule has 1 atom stereocenters. The van der Waals surface area contributed by atoms with Crippen LogP contribution in [0.2, 0.25) is 0 Å². The third-order valence-electron chi connectivity index (χ3n) is 4.56. The van der Waals surface area contributed by atoms with Crippen LogP contribution >= 0.6 is 0 Å². The van der Waals surface area contributed by atoms with E-state index in [1.165, 1.54) is 31.6 Å². The molecule has 2 nitrogen and oxygen atoms in total. The van der Waals surface area contributed by atoms with E-state index >= 15 is 0 Å². The molecule has 0 bridgehead atoms. The number of nitrogens with zero attached hydrogens (tertiary/aromatic N) is 2. The molecule has 1 aliphatic heterocycles. The first-order valence-corrected chi connectivity index (χ1v) is 8.30. The maximum Gasteiger partial charge on any atom is 0.0440 e. The average Bonchev–Trinajstić information content (AvgIpc) is 2.33. The van der Waals surface area contributed by atoms with Crippen molar-refractivity contribution >= 4 is 0 Å². The smallest absolute Gasteiger partial charge is 0.0440 e. The van der Waals surface area contributed by atoms with Crippen LogP contribution < -0.4 is 0 Å². The third kappa shape index (κ3) is 4.89. The van der Waals surface area contributed by atoms with Gasteiger partial charge in [0.15, 0.2) is 0 Å². The summed E-state index contributed by atoms with van der Waals surface area (Å²) in [7, 11) is 0. The molecular weight excluding hydrogens is 244 g/mol.